The molecule has 0 radical (unpaired) electrons. The SMILES string of the molecule is Cc1nc(COc2ccc(N3CCNCC3)cc2)cs1. The number of aryl methyl sites for hydroxylation is 1. The Morgan fingerprint density at radius 2 is 2.00 bits per heavy atom. The average Bonchev–Trinajstić information content (AvgIpc) is 2.92. The molecule has 0 unspecified atom stereocenters. The van der Waals surface area contributed by atoms with Crippen LogP contribution in [0, 0.1) is 6.92 Å². The Kier molecular flexibility index (Phi) is 4.18. The molecular weight excluding hydrogens is 270 g/mol. The van der Waals surface area contributed by atoms with Crippen LogP contribution in [-0.4, -0.2) is 31.2 Å². The van der Waals surface area contributed by atoms with Gasteiger partial charge in [-0.05, 0) is 31.2 Å². The predicted molar refractivity (Wildman–Crippen MR) is 82.7 cm³/mol. The van der Waals surface area contributed by atoms with Crippen molar-refractivity contribution < 1.29 is 4.74 Å². The molecule has 0 atom stereocenters. The molecule has 2 heterocycles. The van der Waals surface area contributed by atoms with Crippen LogP contribution >= 0.6 is 11.3 Å². The fourth-order valence-electron chi connectivity index (χ4n) is 2.31. The van der Waals surface area contributed by atoms with Gasteiger partial charge in [0.25, 0.3) is 0 Å². The maximum atomic E-state index is 5.76. The second-order valence-electron chi connectivity index (χ2n) is 4.88. The summed E-state index contributed by atoms with van der Waals surface area (Å²) in [6.07, 6.45) is 0. The minimum atomic E-state index is 0.539. The molecule has 1 aromatic carbocycles. The first-order valence-corrected chi connectivity index (χ1v) is 7.79. The zero-order chi connectivity index (χ0) is 13.8. The summed E-state index contributed by atoms with van der Waals surface area (Å²) in [5.74, 6) is 0.898. The number of hydrogen-bond acceptors (Lipinski definition) is 5. The highest BCUT2D eigenvalue weighted by Crippen LogP contribution is 2.20. The van der Waals surface area contributed by atoms with Crippen LogP contribution in [0.4, 0.5) is 5.69 Å². The number of nitrogens with one attached hydrogen (secondary N) is 1. The van der Waals surface area contributed by atoms with Crippen molar-refractivity contribution in [3.63, 3.8) is 0 Å². The van der Waals surface area contributed by atoms with Crippen LogP contribution in [0.3, 0.4) is 0 Å². The molecule has 1 aliphatic heterocycles. The van der Waals surface area contributed by atoms with E-state index in [0.29, 0.717) is 6.61 Å². The number of nitrogens with zero attached hydrogens (tertiary/aromatic N) is 2. The summed E-state index contributed by atoms with van der Waals surface area (Å²) in [7, 11) is 0. The Labute approximate surface area is 123 Å². The van der Waals surface area contributed by atoms with E-state index in [-0.39, 0.29) is 0 Å². The molecule has 0 bridgehead atoms. The monoisotopic (exact) mass is 289 g/mol. The maximum Gasteiger partial charge on any atom is 0.131 e. The summed E-state index contributed by atoms with van der Waals surface area (Å²) in [5, 5.41) is 6.49. The van der Waals surface area contributed by atoms with Gasteiger partial charge in [-0.25, -0.2) is 4.98 Å². The largest absolute Gasteiger partial charge is 0.487 e. The van der Waals surface area contributed by atoms with Gasteiger partial charge in [0, 0.05) is 37.2 Å². The van der Waals surface area contributed by atoms with Crippen LogP contribution in [0.2, 0.25) is 0 Å². The Bertz CT molecular complexity index is 547. The van der Waals surface area contributed by atoms with Crippen molar-refractivity contribution in [2.75, 3.05) is 31.1 Å². The molecular formula is C15H19N3OS. The molecule has 1 aliphatic rings. The molecule has 0 saturated carbocycles. The van der Waals surface area contributed by atoms with Gasteiger partial charge in [0.15, 0.2) is 0 Å². The summed E-state index contributed by atoms with van der Waals surface area (Å²) >= 11 is 1.66. The fraction of sp³-hybridized carbons (Fsp3) is 0.400. The van der Waals surface area contributed by atoms with Crippen molar-refractivity contribution in [1.29, 1.82) is 0 Å². The molecule has 106 valence electrons. The van der Waals surface area contributed by atoms with Gasteiger partial charge in [-0.1, -0.05) is 0 Å². The van der Waals surface area contributed by atoms with Gasteiger partial charge in [0.2, 0.25) is 0 Å². The Hall–Kier alpha value is -1.59. The summed E-state index contributed by atoms with van der Waals surface area (Å²) in [6, 6.07) is 8.34. The van der Waals surface area contributed by atoms with Gasteiger partial charge >= 0.3 is 0 Å². The highest BCUT2D eigenvalue weighted by atomic mass is 32.1. The number of ether oxygens (including phenoxy) is 1. The highest BCUT2D eigenvalue weighted by molar-refractivity contribution is 7.09. The van der Waals surface area contributed by atoms with Crippen LogP contribution in [-0.2, 0) is 6.61 Å². The van der Waals surface area contributed by atoms with Crippen molar-refractivity contribution in [2.45, 2.75) is 13.5 Å². The van der Waals surface area contributed by atoms with Crippen LogP contribution in [0.15, 0.2) is 29.6 Å². The summed E-state index contributed by atoms with van der Waals surface area (Å²) < 4.78 is 5.76. The van der Waals surface area contributed by atoms with E-state index in [2.05, 4.69) is 27.3 Å². The average molecular weight is 289 g/mol. The van der Waals surface area contributed by atoms with E-state index in [1.165, 1.54) is 5.69 Å². The molecule has 4 nitrogen and oxygen atoms in total. The number of benzene rings is 1. The summed E-state index contributed by atoms with van der Waals surface area (Å²) in [6.45, 7) is 6.80. The van der Waals surface area contributed by atoms with E-state index in [1.807, 2.05) is 24.4 Å². The first kappa shape index (κ1) is 13.4. The molecule has 1 N–H and O–H groups in total. The molecule has 0 spiro atoms. The standard InChI is InChI=1S/C15H19N3OS/c1-12-17-13(11-20-12)10-19-15-4-2-14(3-5-15)18-8-6-16-7-9-18/h2-5,11,16H,6-10H2,1H3. The quantitative estimate of drug-likeness (QED) is 0.938. The minimum absolute atomic E-state index is 0.539. The number of aromatic nitrogens is 1. The van der Waals surface area contributed by atoms with Gasteiger partial charge in [0.1, 0.15) is 12.4 Å². The lowest BCUT2D eigenvalue weighted by Gasteiger charge is -2.29. The van der Waals surface area contributed by atoms with Crippen molar-refractivity contribution in [3.05, 3.63) is 40.3 Å². The van der Waals surface area contributed by atoms with Gasteiger partial charge < -0.3 is 15.0 Å². The fourth-order valence-corrected chi connectivity index (χ4v) is 2.91. The van der Waals surface area contributed by atoms with Gasteiger partial charge in [0.05, 0.1) is 10.7 Å². The number of hydrogen-bond donors (Lipinski definition) is 1. The van der Waals surface area contributed by atoms with E-state index in [4.69, 9.17) is 4.74 Å². The molecule has 5 heteroatoms. The lowest BCUT2D eigenvalue weighted by Crippen LogP contribution is -2.43. The molecule has 0 amide bonds. The number of thiazole rings is 1. The zero-order valence-electron chi connectivity index (χ0n) is 11.6. The highest BCUT2D eigenvalue weighted by Gasteiger charge is 2.10. The van der Waals surface area contributed by atoms with Gasteiger partial charge in [-0.2, -0.15) is 0 Å². The third-order valence-electron chi connectivity index (χ3n) is 3.37. The van der Waals surface area contributed by atoms with E-state index in [0.717, 1.165) is 42.6 Å². The van der Waals surface area contributed by atoms with Crippen LogP contribution < -0.4 is 15.0 Å². The molecule has 1 saturated heterocycles. The normalized spacial score (nSPS) is 15.3. The van der Waals surface area contributed by atoms with E-state index < -0.39 is 0 Å². The minimum Gasteiger partial charge on any atom is -0.487 e. The van der Waals surface area contributed by atoms with Crippen LogP contribution in [0.1, 0.15) is 10.7 Å². The topological polar surface area (TPSA) is 37.4 Å². The molecule has 1 fully saturated rings. The zero-order valence-corrected chi connectivity index (χ0v) is 12.4. The lowest BCUT2D eigenvalue weighted by molar-refractivity contribution is 0.302. The number of anilines is 1. The van der Waals surface area contributed by atoms with E-state index in [1.54, 1.807) is 11.3 Å². The second kappa shape index (κ2) is 6.24. The van der Waals surface area contributed by atoms with Gasteiger partial charge in [-0.15, -0.1) is 11.3 Å². The first-order chi connectivity index (χ1) is 9.81. The molecule has 2 aromatic rings. The van der Waals surface area contributed by atoms with Crippen molar-refractivity contribution in [2.24, 2.45) is 0 Å². The van der Waals surface area contributed by atoms with Crippen molar-refractivity contribution in [3.8, 4) is 5.75 Å². The lowest BCUT2D eigenvalue weighted by atomic mass is 10.2. The van der Waals surface area contributed by atoms with E-state index >= 15 is 0 Å². The van der Waals surface area contributed by atoms with Crippen molar-refractivity contribution >= 4 is 17.0 Å². The van der Waals surface area contributed by atoms with Crippen LogP contribution in [0.25, 0.3) is 0 Å². The number of rotatable bonds is 4. The van der Waals surface area contributed by atoms with Gasteiger partial charge in [-0.3, -0.25) is 0 Å². The summed E-state index contributed by atoms with van der Waals surface area (Å²) in [4.78, 5) is 6.79. The molecule has 20 heavy (non-hydrogen) atoms. The second-order valence-corrected chi connectivity index (χ2v) is 5.94. The number of piperazine rings is 1. The predicted octanol–water partition coefficient (Wildman–Crippen LogP) is 2.44. The first-order valence-electron chi connectivity index (χ1n) is 6.91. The summed E-state index contributed by atoms with van der Waals surface area (Å²) in [5.41, 5.74) is 2.27. The Morgan fingerprint density at radius 1 is 1.25 bits per heavy atom. The maximum absolute atomic E-state index is 5.76. The molecule has 1 aromatic heterocycles. The smallest absolute Gasteiger partial charge is 0.131 e. The Morgan fingerprint density at radius 3 is 2.65 bits per heavy atom. The molecule has 3 rings (SSSR count). The third-order valence-corrected chi connectivity index (χ3v) is 4.19. The van der Waals surface area contributed by atoms with E-state index in [9.17, 15) is 0 Å². The molecule has 0 aliphatic carbocycles. The Balaban J connectivity index is 1.58. The van der Waals surface area contributed by atoms with Crippen molar-refractivity contribution in [1.82, 2.24) is 10.3 Å². The third kappa shape index (κ3) is 3.29. The van der Waals surface area contributed by atoms with Crippen LogP contribution in [0.5, 0.6) is 5.75 Å².